The minimum Gasteiger partial charge on any atom is -0.395 e. The third-order valence-corrected chi connectivity index (χ3v) is 2.41. The van der Waals surface area contributed by atoms with Crippen LogP contribution in [0.4, 0.5) is 0 Å². The molecule has 4 N–H and O–H groups in total. The van der Waals surface area contributed by atoms with E-state index in [-0.39, 0.29) is 17.3 Å². The van der Waals surface area contributed by atoms with Gasteiger partial charge in [-0.05, 0) is 6.92 Å². The molecule has 0 bridgehead atoms. The van der Waals surface area contributed by atoms with Gasteiger partial charge in [-0.3, -0.25) is 18.7 Å². The normalized spacial score (nSPS) is 14.7. The van der Waals surface area contributed by atoms with Crippen LogP contribution in [0.3, 0.4) is 0 Å². The van der Waals surface area contributed by atoms with Crippen LogP contribution < -0.4 is 5.73 Å². The second-order valence-electron chi connectivity index (χ2n) is 3.69. The Bertz CT molecular complexity index is 623. The van der Waals surface area contributed by atoms with E-state index in [0.717, 1.165) is 0 Å². The van der Waals surface area contributed by atoms with Gasteiger partial charge in [-0.25, -0.2) is 0 Å². The lowest BCUT2D eigenvalue weighted by molar-refractivity contribution is 0.0973. The summed E-state index contributed by atoms with van der Waals surface area (Å²) in [6.07, 6.45) is 0. The first-order valence-corrected chi connectivity index (χ1v) is 6.37. The van der Waals surface area contributed by atoms with E-state index < -0.39 is 10.4 Å². The van der Waals surface area contributed by atoms with Gasteiger partial charge >= 0.3 is 10.4 Å². The van der Waals surface area contributed by atoms with Gasteiger partial charge in [0.15, 0.2) is 5.78 Å². The second kappa shape index (κ2) is 5.31. The number of nitrogens with two attached hydrogens (primary N) is 1. The first-order valence-electron chi connectivity index (χ1n) is 4.97. The van der Waals surface area contributed by atoms with Crippen molar-refractivity contribution in [3.8, 4) is 0 Å². The van der Waals surface area contributed by atoms with E-state index in [1.807, 2.05) is 0 Å². The van der Waals surface area contributed by atoms with E-state index in [2.05, 4.69) is 0 Å². The molecule has 0 heterocycles. The highest BCUT2D eigenvalue weighted by atomic mass is 32.3. The predicted octanol–water partition coefficient (Wildman–Crippen LogP) is 0.646. The Labute approximate surface area is 109 Å². The van der Waals surface area contributed by atoms with Gasteiger partial charge in [-0.1, -0.05) is 24.3 Å². The summed E-state index contributed by atoms with van der Waals surface area (Å²) in [6.45, 7) is 1.57. The Morgan fingerprint density at radius 3 is 1.79 bits per heavy atom. The van der Waals surface area contributed by atoms with Gasteiger partial charge < -0.3 is 5.73 Å². The van der Waals surface area contributed by atoms with Crippen LogP contribution in [0.2, 0.25) is 0 Å². The monoisotopic (exact) mass is 285 g/mol. The van der Waals surface area contributed by atoms with Gasteiger partial charge in [-0.2, -0.15) is 8.42 Å². The molecule has 1 aromatic rings. The molecule has 0 radical (unpaired) electrons. The summed E-state index contributed by atoms with van der Waals surface area (Å²) in [6, 6.07) is 6.72. The SMILES string of the molecule is CC1=C(N)C(=O)c2ccccc2C1=O.O=S(=O)(O)O. The maximum absolute atomic E-state index is 11.7. The lowest BCUT2D eigenvalue weighted by atomic mass is 9.88. The number of allylic oxidation sites excluding steroid dienone is 2. The molecule has 1 aliphatic carbocycles. The molecule has 0 spiro atoms. The minimum absolute atomic E-state index is 0.0636. The molecule has 0 fully saturated rings. The van der Waals surface area contributed by atoms with E-state index in [1.165, 1.54) is 0 Å². The molecule has 0 saturated carbocycles. The molecule has 1 aromatic carbocycles. The number of fused-ring (bicyclic) bond motifs is 1. The zero-order valence-corrected chi connectivity index (χ0v) is 10.6. The second-order valence-corrected chi connectivity index (χ2v) is 4.59. The Morgan fingerprint density at radius 1 is 1.00 bits per heavy atom. The van der Waals surface area contributed by atoms with Crippen LogP contribution in [0, 0.1) is 0 Å². The number of hydrogen-bond acceptors (Lipinski definition) is 5. The van der Waals surface area contributed by atoms with E-state index in [0.29, 0.717) is 16.7 Å². The van der Waals surface area contributed by atoms with Crippen molar-refractivity contribution in [2.75, 3.05) is 0 Å². The Morgan fingerprint density at radius 2 is 1.37 bits per heavy atom. The van der Waals surface area contributed by atoms with E-state index in [9.17, 15) is 9.59 Å². The van der Waals surface area contributed by atoms with Crippen molar-refractivity contribution >= 4 is 22.0 Å². The summed E-state index contributed by atoms with van der Waals surface area (Å²) in [5.41, 5.74) is 6.79. The molecule has 0 aromatic heterocycles. The van der Waals surface area contributed by atoms with Crippen molar-refractivity contribution in [3.05, 3.63) is 46.7 Å². The highest BCUT2D eigenvalue weighted by Crippen LogP contribution is 2.23. The molecule has 8 heteroatoms. The zero-order chi connectivity index (χ0) is 14.8. The van der Waals surface area contributed by atoms with Crippen molar-refractivity contribution in [1.29, 1.82) is 0 Å². The fourth-order valence-corrected chi connectivity index (χ4v) is 1.52. The largest absolute Gasteiger partial charge is 0.395 e. The first-order chi connectivity index (χ1) is 8.63. The molecule has 102 valence electrons. The molecule has 7 nitrogen and oxygen atoms in total. The minimum atomic E-state index is -4.67. The van der Waals surface area contributed by atoms with Gasteiger partial charge in [0.05, 0.1) is 5.70 Å². The molecule has 0 amide bonds. The molecule has 0 saturated heterocycles. The summed E-state index contributed by atoms with van der Waals surface area (Å²) in [4.78, 5) is 23.3. The summed E-state index contributed by atoms with van der Waals surface area (Å²) >= 11 is 0. The van der Waals surface area contributed by atoms with Gasteiger partial charge in [0.1, 0.15) is 0 Å². The van der Waals surface area contributed by atoms with Crippen molar-refractivity contribution in [2.45, 2.75) is 6.92 Å². The number of carbonyl (C=O) groups excluding carboxylic acids is 2. The van der Waals surface area contributed by atoms with Crippen LogP contribution >= 0.6 is 0 Å². The van der Waals surface area contributed by atoms with Crippen LogP contribution in [0.25, 0.3) is 0 Å². The smallest absolute Gasteiger partial charge is 0.394 e. The number of carbonyl (C=O) groups is 2. The fraction of sp³-hybridized carbons (Fsp3) is 0.0909. The summed E-state index contributed by atoms with van der Waals surface area (Å²) in [5, 5.41) is 0. The van der Waals surface area contributed by atoms with E-state index >= 15 is 0 Å². The molecular weight excluding hydrogens is 274 g/mol. The highest BCUT2D eigenvalue weighted by Gasteiger charge is 2.27. The highest BCUT2D eigenvalue weighted by molar-refractivity contribution is 7.79. The number of Topliss-reactive ketones (excluding diaryl/α,β-unsaturated/α-hetero) is 2. The van der Waals surface area contributed by atoms with Gasteiger partial charge in [0.2, 0.25) is 5.78 Å². The summed E-state index contributed by atoms with van der Waals surface area (Å²) < 4.78 is 31.6. The average molecular weight is 285 g/mol. The third kappa shape index (κ3) is 3.71. The maximum Gasteiger partial charge on any atom is 0.394 e. The standard InChI is InChI=1S/C11H9NO2.H2O4S/c1-6-9(12)11(14)8-5-3-2-4-7(8)10(6)13;1-5(2,3)4/h2-5H,12H2,1H3;(H2,1,2,3,4). The summed E-state index contributed by atoms with van der Waals surface area (Å²) in [5.74, 6) is -0.407. The van der Waals surface area contributed by atoms with Crippen LogP contribution in [-0.2, 0) is 10.4 Å². The quantitative estimate of drug-likeness (QED) is 0.595. The van der Waals surface area contributed by atoms with Crippen LogP contribution in [-0.4, -0.2) is 29.1 Å². The van der Waals surface area contributed by atoms with Crippen LogP contribution in [0.1, 0.15) is 27.6 Å². The molecule has 1 aliphatic rings. The number of benzene rings is 1. The fourth-order valence-electron chi connectivity index (χ4n) is 1.52. The topological polar surface area (TPSA) is 135 Å². The number of ketones is 2. The molecule has 19 heavy (non-hydrogen) atoms. The Kier molecular flexibility index (Phi) is 4.20. The van der Waals surface area contributed by atoms with Crippen molar-refractivity contribution in [1.82, 2.24) is 0 Å². The Hall–Kier alpha value is -2.03. The van der Waals surface area contributed by atoms with Crippen LogP contribution in [0.5, 0.6) is 0 Å². The van der Waals surface area contributed by atoms with Crippen molar-refractivity contribution in [3.63, 3.8) is 0 Å². The van der Waals surface area contributed by atoms with Crippen LogP contribution in [0.15, 0.2) is 35.5 Å². The van der Waals surface area contributed by atoms with E-state index in [4.69, 9.17) is 23.3 Å². The predicted molar refractivity (Wildman–Crippen MR) is 66.2 cm³/mol. The first kappa shape index (κ1) is 15.0. The lowest BCUT2D eigenvalue weighted by Gasteiger charge is -2.15. The molecule has 0 atom stereocenters. The van der Waals surface area contributed by atoms with Crippen molar-refractivity contribution in [2.24, 2.45) is 5.73 Å². The molecule has 0 unspecified atom stereocenters. The number of hydrogen-bond donors (Lipinski definition) is 3. The van der Waals surface area contributed by atoms with E-state index in [1.54, 1.807) is 31.2 Å². The van der Waals surface area contributed by atoms with Gasteiger partial charge in [0.25, 0.3) is 0 Å². The van der Waals surface area contributed by atoms with Crippen molar-refractivity contribution < 1.29 is 27.1 Å². The van der Waals surface area contributed by atoms with Gasteiger partial charge in [-0.15, -0.1) is 0 Å². The third-order valence-electron chi connectivity index (χ3n) is 2.41. The zero-order valence-electron chi connectivity index (χ0n) is 9.82. The lowest BCUT2D eigenvalue weighted by Crippen LogP contribution is -2.25. The average Bonchev–Trinajstić information content (AvgIpc) is 2.32. The summed E-state index contributed by atoms with van der Waals surface area (Å²) in [7, 11) is -4.67. The molecular formula is C11H11NO6S. The maximum atomic E-state index is 11.7. The Balaban J connectivity index is 0.000000312. The molecule has 2 rings (SSSR count). The molecule has 0 aliphatic heterocycles. The van der Waals surface area contributed by atoms with Gasteiger partial charge in [0, 0.05) is 16.7 Å². The number of rotatable bonds is 0.